The van der Waals surface area contributed by atoms with E-state index < -0.39 is 0 Å². The normalized spacial score (nSPS) is 14.8. The summed E-state index contributed by atoms with van der Waals surface area (Å²) in [5.74, 6) is 5.08. The van der Waals surface area contributed by atoms with Gasteiger partial charge in [0.1, 0.15) is 23.5 Å². The lowest BCUT2D eigenvalue weighted by Gasteiger charge is -2.35. The smallest absolute Gasteiger partial charge is 0.164 e. The first-order valence-electron chi connectivity index (χ1n) is 21.5. The SMILES string of the molecule is CC1(C)c2cc(-c3cccc(C4=NC(c5ccccc5)=NC(c5ccccc5)N4)c3)ccc2Oc2ccc(-c3cccc(-c4nc(-c5ccccc5)nc(-c5ccccc5)n4)c3)cc21. The predicted molar refractivity (Wildman–Crippen MR) is 257 cm³/mol. The maximum atomic E-state index is 6.66. The Morgan fingerprint density at radius 3 is 1.38 bits per heavy atom. The Hall–Kier alpha value is -8.29. The highest BCUT2D eigenvalue weighted by atomic mass is 16.5. The van der Waals surface area contributed by atoms with Gasteiger partial charge < -0.3 is 10.1 Å². The lowest BCUT2D eigenvalue weighted by molar-refractivity contribution is 0.418. The van der Waals surface area contributed by atoms with Crippen molar-refractivity contribution in [2.75, 3.05) is 0 Å². The third-order valence-corrected chi connectivity index (χ3v) is 12.0. The van der Waals surface area contributed by atoms with Crippen LogP contribution in [-0.2, 0) is 5.41 Å². The Balaban J connectivity index is 0.915. The average Bonchev–Trinajstić information content (AvgIpc) is 3.37. The Morgan fingerprint density at radius 2 is 0.828 bits per heavy atom. The Morgan fingerprint density at radius 1 is 0.406 bits per heavy atom. The molecule has 1 N–H and O–H groups in total. The quantitative estimate of drug-likeness (QED) is 0.165. The van der Waals surface area contributed by atoms with E-state index in [0.29, 0.717) is 23.3 Å². The molecule has 2 aliphatic heterocycles. The fourth-order valence-corrected chi connectivity index (χ4v) is 8.58. The number of rotatable bonds is 8. The third kappa shape index (κ3) is 7.43. The van der Waals surface area contributed by atoms with E-state index >= 15 is 0 Å². The highest BCUT2D eigenvalue weighted by Crippen LogP contribution is 2.50. The zero-order valence-corrected chi connectivity index (χ0v) is 35.4. The molecule has 8 aromatic carbocycles. The van der Waals surface area contributed by atoms with Crippen LogP contribution in [0, 0.1) is 0 Å². The molecule has 2 aliphatic rings. The number of ether oxygens (including phenoxy) is 1. The summed E-state index contributed by atoms with van der Waals surface area (Å²) in [4.78, 5) is 25.0. The fraction of sp³-hybridized carbons (Fsp3) is 0.0702. The van der Waals surface area contributed by atoms with Gasteiger partial charge >= 0.3 is 0 Å². The fourth-order valence-electron chi connectivity index (χ4n) is 8.58. The topological polar surface area (TPSA) is 84.7 Å². The number of aliphatic imine (C=N–C) groups is 2. The first-order chi connectivity index (χ1) is 31.4. The molecule has 3 heterocycles. The van der Waals surface area contributed by atoms with Crippen LogP contribution in [0.2, 0.25) is 0 Å². The Kier molecular flexibility index (Phi) is 9.77. The molecule has 1 unspecified atom stereocenters. The summed E-state index contributed by atoms with van der Waals surface area (Å²) >= 11 is 0. The van der Waals surface area contributed by atoms with Crippen LogP contribution in [0.4, 0.5) is 0 Å². The van der Waals surface area contributed by atoms with E-state index in [4.69, 9.17) is 29.7 Å². The molecule has 1 atom stereocenters. The van der Waals surface area contributed by atoms with Crippen molar-refractivity contribution in [3.63, 3.8) is 0 Å². The summed E-state index contributed by atoms with van der Waals surface area (Å²) in [6, 6.07) is 70.6. The summed E-state index contributed by atoms with van der Waals surface area (Å²) in [5.41, 5.74) is 12.0. The number of nitrogens with one attached hydrogen (secondary N) is 1. The van der Waals surface area contributed by atoms with Gasteiger partial charge in [-0.3, -0.25) is 0 Å². The number of hydrogen-bond acceptors (Lipinski definition) is 7. The Bertz CT molecular complexity index is 3180. The van der Waals surface area contributed by atoms with Gasteiger partial charge in [-0.25, -0.2) is 24.9 Å². The van der Waals surface area contributed by atoms with Crippen LogP contribution in [0.1, 0.15) is 47.8 Å². The van der Waals surface area contributed by atoms with Crippen LogP contribution >= 0.6 is 0 Å². The van der Waals surface area contributed by atoms with Gasteiger partial charge in [-0.15, -0.1) is 0 Å². The standard InChI is InChI=1S/C57H42N6O/c1-57(2)47-35-43(41-25-15-27-45(33-41)55-60-51(37-17-7-3-8-18-37)58-52(61-55)38-19-9-4-10-20-38)29-31-49(47)64-50-32-30-44(36-48(50)57)42-26-16-28-46(34-42)56-62-53(39-21-11-5-12-22-39)59-54(63-56)40-23-13-6-14-24-40/h3-36,51H,1-2H3,(H,58,60,61). The number of aromatic nitrogens is 3. The van der Waals surface area contributed by atoms with E-state index in [9.17, 15) is 0 Å². The van der Waals surface area contributed by atoms with E-state index in [-0.39, 0.29) is 11.6 Å². The predicted octanol–water partition coefficient (Wildman–Crippen LogP) is 13.1. The zero-order chi connectivity index (χ0) is 43.0. The van der Waals surface area contributed by atoms with Gasteiger partial charge in [0.05, 0.1) is 0 Å². The molecule has 0 bridgehead atoms. The first kappa shape index (κ1) is 38.6. The zero-order valence-electron chi connectivity index (χ0n) is 35.4. The van der Waals surface area contributed by atoms with Gasteiger partial charge in [0.2, 0.25) is 0 Å². The van der Waals surface area contributed by atoms with Crippen molar-refractivity contribution in [3.05, 3.63) is 234 Å². The van der Waals surface area contributed by atoms with Gasteiger partial charge in [-0.1, -0.05) is 184 Å². The van der Waals surface area contributed by atoms with Gasteiger partial charge in [-0.05, 0) is 64.2 Å². The van der Waals surface area contributed by atoms with Crippen molar-refractivity contribution in [3.8, 4) is 67.9 Å². The lowest BCUT2D eigenvalue weighted by Crippen LogP contribution is -2.33. The maximum absolute atomic E-state index is 6.66. The molecule has 0 aliphatic carbocycles. The van der Waals surface area contributed by atoms with Gasteiger partial charge in [0, 0.05) is 44.4 Å². The number of nitrogens with zero attached hydrogens (tertiary/aromatic N) is 5. The molecule has 0 spiro atoms. The third-order valence-electron chi connectivity index (χ3n) is 12.0. The minimum absolute atomic E-state index is 0.273. The number of benzene rings is 8. The van der Waals surface area contributed by atoms with Crippen LogP contribution < -0.4 is 10.1 Å². The molecule has 0 saturated carbocycles. The summed E-state index contributed by atoms with van der Waals surface area (Å²) in [6.45, 7) is 4.56. The highest BCUT2D eigenvalue weighted by molar-refractivity contribution is 6.13. The van der Waals surface area contributed by atoms with E-state index in [1.54, 1.807) is 0 Å². The number of amidine groups is 2. The van der Waals surface area contributed by atoms with Crippen LogP contribution in [0.3, 0.4) is 0 Å². The largest absolute Gasteiger partial charge is 0.457 e. The van der Waals surface area contributed by atoms with E-state index in [0.717, 1.165) is 84.1 Å². The average molecular weight is 827 g/mol. The molecule has 0 radical (unpaired) electrons. The van der Waals surface area contributed by atoms with Gasteiger partial charge in [0.25, 0.3) is 0 Å². The summed E-state index contributed by atoms with van der Waals surface area (Å²) in [7, 11) is 0. The summed E-state index contributed by atoms with van der Waals surface area (Å²) in [6.07, 6.45) is -0.273. The summed E-state index contributed by atoms with van der Waals surface area (Å²) in [5, 5.41) is 3.62. The Labute approximate surface area is 372 Å². The molecule has 11 rings (SSSR count). The monoisotopic (exact) mass is 826 g/mol. The molecule has 7 heteroatoms. The minimum Gasteiger partial charge on any atom is -0.457 e. The van der Waals surface area contributed by atoms with Gasteiger partial charge in [0.15, 0.2) is 23.3 Å². The molecule has 0 saturated heterocycles. The van der Waals surface area contributed by atoms with E-state index in [2.05, 4.69) is 128 Å². The van der Waals surface area contributed by atoms with Crippen LogP contribution in [-0.4, -0.2) is 26.6 Å². The molecule has 1 aromatic heterocycles. The van der Waals surface area contributed by atoms with Crippen molar-refractivity contribution in [1.29, 1.82) is 0 Å². The molecule has 64 heavy (non-hydrogen) atoms. The first-order valence-corrected chi connectivity index (χ1v) is 21.5. The van der Waals surface area contributed by atoms with Crippen molar-refractivity contribution in [2.24, 2.45) is 9.98 Å². The molecule has 306 valence electrons. The maximum Gasteiger partial charge on any atom is 0.164 e. The van der Waals surface area contributed by atoms with Crippen LogP contribution in [0.25, 0.3) is 56.4 Å². The number of fused-ring (bicyclic) bond motifs is 2. The second-order valence-electron chi connectivity index (χ2n) is 16.6. The van der Waals surface area contributed by atoms with E-state index in [1.807, 2.05) is 97.1 Å². The second kappa shape index (κ2) is 16.2. The lowest BCUT2D eigenvalue weighted by atomic mass is 9.74. The molecule has 7 nitrogen and oxygen atoms in total. The van der Waals surface area contributed by atoms with Crippen molar-refractivity contribution >= 4 is 11.7 Å². The van der Waals surface area contributed by atoms with Crippen molar-refractivity contribution < 1.29 is 4.74 Å². The second-order valence-corrected chi connectivity index (χ2v) is 16.6. The summed E-state index contributed by atoms with van der Waals surface area (Å²) < 4.78 is 6.66. The van der Waals surface area contributed by atoms with Crippen LogP contribution in [0.15, 0.2) is 216 Å². The van der Waals surface area contributed by atoms with Gasteiger partial charge in [-0.2, -0.15) is 0 Å². The molecular formula is C57H42N6O. The van der Waals surface area contributed by atoms with Crippen molar-refractivity contribution in [1.82, 2.24) is 20.3 Å². The number of hydrogen-bond donors (Lipinski definition) is 1. The van der Waals surface area contributed by atoms with E-state index in [1.165, 1.54) is 0 Å². The van der Waals surface area contributed by atoms with Crippen molar-refractivity contribution in [2.45, 2.75) is 25.4 Å². The molecular weight excluding hydrogens is 785 g/mol. The molecule has 9 aromatic rings. The minimum atomic E-state index is -0.369. The molecule has 0 amide bonds. The highest BCUT2D eigenvalue weighted by Gasteiger charge is 2.35. The molecule has 0 fully saturated rings. The van der Waals surface area contributed by atoms with Crippen LogP contribution in [0.5, 0.6) is 11.5 Å².